The summed E-state index contributed by atoms with van der Waals surface area (Å²) in [6.07, 6.45) is 15.2. The van der Waals surface area contributed by atoms with Crippen molar-refractivity contribution < 1.29 is 9.13 Å². The molecule has 4 heterocycles. The van der Waals surface area contributed by atoms with Gasteiger partial charge in [-0.1, -0.05) is 26.7 Å². The smallest absolute Gasteiger partial charge is 0.167 e. The summed E-state index contributed by atoms with van der Waals surface area (Å²) in [5.74, 6) is -0.230. The van der Waals surface area contributed by atoms with E-state index in [0.717, 1.165) is 40.9 Å². The Bertz CT molecular complexity index is 1300. The van der Waals surface area contributed by atoms with E-state index >= 15 is 0 Å². The van der Waals surface area contributed by atoms with Crippen molar-refractivity contribution in [3.63, 3.8) is 0 Å². The summed E-state index contributed by atoms with van der Waals surface area (Å²) in [7, 11) is 1.47. The molecule has 0 spiro atoms. The Labute approximate surface area is 199 Å². The third-order valence-electron chi connectivity index (χ3n) is 7.40. The first-order chi connectivity index (χ1) is 16.6. The number of halogens is 1. The zero-order valence-electron chi connectivity index (χ0n) is 20.2. The Kier molecular flexibility index (Phi) is 6.11. The van der Waals surface area contributed by atoms with Gasteiger partial charge in [-0.05, 0) is 48.8 Å². The lowest BCUT2D eigenvalue weighted by molar-refractivity contribution is 0.178. The molecule has 1 aliphatic heterocycles. The summed E-state index contributed by atoms with van der Waals surface area (Å²) in [4.78, 5) is 11.6. The Morgan fingerprint density at radius 1 is 1.03 bits per heavy atom. The number of pyridine rings is 1. The van der Waals surface area contributed by atoms with Gasteiger partial charge in [0.15, 0.2) is 17.2 Å². The maximum Gasteiger partial charge on any atom is 0.167 e. The highest BCUT2D eigenvalue weighted by atomic mass is 19.1. The quantitative estimate of drug-likeness (QED) is 0.324. The molecule has 0 radical (unpaired) electrons. The Morgan fingerprint density at radius 3 is 2.50 bits per heavy atom. The molecule has 0 amide bonds. The van der Waals surface area contributed by atoms with Gasteiger partial charge in [-0.2, -0.15) is 5.10 Å². The molecule has 1 fully saturated rings. The lowest BCUT2D eigenvalue weighted by Crippen LogP contribution is -2.40. The largest absolute Gasteiger partial charge is 0.494 e. The highest BCUT2D eigenvalue weighted by Gasteiger charge is 2.33. The van der Waals surface area contributed by atoms with E-state index in [1.54, 1.807) is 12.3 Å². The van der Waals surface area contributed by atoms with Crippen LogP contribution in [0.2, 0.25) is 0 Å². The summed E-state index contributed by atoms with van der Waals surface area (Å²) >= 11 is 0. The summed E-state index contributed by atoms with van der Waals surface area (Å²) < 4.78 is 21.2. The standard InChI is InChI=1S/C27H32FN5O/c1-4-7-27(8-5-2)9-12-32(13-10-27)19-16-30-26-22(17-31-33(26)18-19)20-6-11-29-24-15-23(28)25(34-3)14-21(20)24/h6,11,14-18H,4-5,7-10,12-13H2,1-3H3. The number of ether oxygens (including phenoxy) is 1. The maximum atomic E-state index is 14.2. The number of hydrogen-bond donors (Lipinski definition) is 0. The van der Waals surface area contributed by atoms with Crippen LogP contribution in [0.15, 0.2) is 43.0 Å². The molecule has 6 nitrogen and oxygen atoms in total. The number of hydrogen-bond acceptors (Lipinski definition) is 5. The zero-order chi connectivity index (χ0) is 23.7. The van der Waals surface area contributed by atoms with Crippen LogP contribution in [0.5, 0.6) is 5.75 Å². The Balaban J connectivity index is 1.46. The first-order valence-electron chi connectivity index (χ1n) is 12.3. The van der Waals surface area contributed by atoms with Gasteiger partial charge in [-0.15, -0.1) is 0 Å². The van der Waals surface area contributed by atoms with Crippen molar-refractivity contribution in [2.45, 2.75) is 52.4 Å². The molecule has 34 heavy (non-hydrogen) atoms. The lowest BCUT2D eigenvalue weighted by atomic mass is 9.72. The first kappa shape index (κ1) is 22.6. The number of anilines is 1. The molecule has 7 heteroatoms. The molecule has 178 valence electrons. The van der Waals surface area contributed by atoms with Gasteiger partial charge < -0.3 is 9.64 Å². The molecule has 5 rings (SSSR count). The second kappa shape index (κ2) is 9.20. The fourth-order valence-corrected chi connectivity index (χ4v) is 5.68. The van der Waals surface area contributed by atoms with Gasteiger partial charge in [0.1, 0.15) is 0 Å². The van der Waals surface area contributed by atoms with Crippen LogP contribution in [0.1, 0.15) is 52.4 Å². The van der Waals surface area contributed by atoms with Crippen molar-refractivity contribution in [2.75, 3.05) is 25.1 Å². The summed E-state index contributed by atoms with van der Waals surface area (Å²) in [6.45, 7) is 6.72. The van der Waals surface area contributed by atoms with Crippen LogP contribution in [-0.4, -0.2) is 39.8 Å². The average molecular weight is 462 g/mol. The minimum absolute atomic E-state index is 0.195. The zero-order valence-corrected chi connectivity index (χ0v) is 20.2. The van der Waals surface area contributed by atoms with Crippen molar-refractivity contribution >= 4 is 22.2 Å². The fourth-order valence-electron chi connectivity index (χ4n) is 5.68. The normalized spacial score (nSPS) is 15.8. The molecule has 1 aromatic carbocycles. The third-order valence-corrected chi connectivity index (χ3v) is 7.40. The van der Waals surface area contributed by atoms with Crippen molar-refractivity contribution in [3.05, 3.63) is 48.8 Å². The monoisotopic (exact) mass is 461 g/mol. The summed E-state index contributed by atoms with van der Waals surface area (Å²) in [5.41, 5.74) is 4.73. The van der Waals surface area contributed by atoms with E-state index in [-0.39, 0.29) is 5.75 Å². The van der Waals surface area contributed by atoms with Crippen LogP contribution in [0.25, 0.3) is 27.7 Å². The summed E-state index contributed by atoms with van der Waals surface area (Å²) in [6, 6.07) is 5.01. The van der Waals surface area contributed by atoms with Crippen molar-refractivity contribution in [2.24, 2.45) is 5.41 Å². The predicted octanol–water partition coefficient (Wildman–Crippen LogP) is 6.28. The number of nitrogens with zero attached hydrogens (tertiary/aromatic N) is 5. The molecule has 0 atom stereocenters. The van der Waals surface area contributed by atoms with Gasteiger partial charge in [0.05, 0.1) is 36.9 Å². The van der Waals surface area contributed by atoms with E-state index in [2.05, 4.69) is 35.0 Å². The van der Waals surface area contributed by atoms with Gasteiger partial charge in [0, 0.05) is 36.3 Å². The van der Waals surface area contributed by atoms with E-state index in [9.17, 15) is 4.39 Å². The minimum atomic E-state index is -0.425. The maximum absolute atomic E-state index is 14.2. The average Bonchev–Trinajstić information content (AvgIpc) is 3.27. The van der Waals surface area contributed by atoms with E-state index in [4.69, 9.17) is 9.72 Å². The van der Waals surface area contributed by atoms with Crippen LogP contribution in [0, 0.1) is 11.2 Å². The van der Waals surface area contributed by atoms with E-state index < -0.39 is 5.82 Å². The van der Waals surface area contributed by atoms with Crippen molar-refractivity contribution in [1.82, 2.24) is 19.6 Å². The van der Waals surface area contributed by atoms with Crippen molar-refractivity contribution in [3.8, 4) is 16.9 Å². The number of methoxy groups -OCH3 is 1. The van der Waals surface area contributed by atoms with Crippen LogP contribution in [0.3, 0.4) is 0 Å². The molecule has 0 saturated carbocycles. The van der Waals surface area contributed by atoms with E-state index in [1.165, 1.54) is 51.7 Å². The number of benzene rings is 1. The van der Waals surface area contributed by atoms with Gasteiger partial charge in [-0.3, -0.25) is 4.98 Å². The number of fused-ring (bicyclic) bond motifs is 2. The topological polar surface area (TPSA) is 55.5 Å². The molecular weight excluding hydrogens is 429 g/mol. The highest BCUT2D eigenvalue weighted by Crippen LogP contribution is 2.41. The molecule has 3 aromatic heterocycles. The number of piperidine rings is 1. The van der Waals surface area contributed by atoms with E-state index in [0.29, 0.717) is 10.9 Å². The fraction of sp³-hybridized carbons (Fsp3) is 0.444. The lowest BCUT2D eigenvalue weighted by Gasteiger charge is -2.42. The second-order valence-electron chi connectivity index (χ2n) is 9.49. The molecule has 4 aromatic rings. The first-order valence-corrected chi connectivity index (χ1v) is 12.3. The molecule has 0 bridgehead atoms. The summed E-state index contributed by atoms with van der Waals surface area (Å²) in [5, 5.41) is 5.41. The third kappa shape index (κ3) is 3.97. The van der Waals surface area contributed by atoms with Gasteiger partial charge in [-0.25, -0.2) is 13.9 Å². The Hall–Kier alpha value is -3.22. The van der Waals surface area contributed by atoms with Crippen LogP contribution in [-0.2, 0) is 0 Å². The minimum Gasteiger partial charge on any atom is -0.494 e. The van der Waals surface area contributed by atoms with Crippen LogP contribution in [0.4, 0.5) is 10.1 Å². The van der Waals surface area contributed by atoms with Gasteiger partial charge >= 0.3 is 0 Å². The number of rotatable bonds is 7. The highest BCUT2D eigenvalue weighted by molar-refractivity contribution is 5.98. The van der Waals surface area contributed by atoms with Crippen LogP contribution < -0.4 is 9.64 Å². The molecule has 0 N–H and O–H groups in total. The number of aromatic nitrogens is 4. The molecule has 0 aliphatic carbocycles. The predicted molar refractivity (Wildman–Crippen MR) is 134 cm³/mol. The Morgan fingerprint density at radius 2 is 1.79 bits per heavy atom. The molecule has 0 unspecified atom stereocenters. The molecule has 1 aliphatic rings. The second-order valence-corrected chi connectivity index (χ2v) is 9.49. The van der Waals surface area contributed by atoms with Gasteiger partial charge in [0.25, 0.3) is 0 Å². The van der Waals surface area contributed by atoms with Crippen LogP contribution >= 0.6 is 0 Å². The molecule has 1 saturated heterocycles. The van der Waals surface area contributed by atoms with E-state index in [1.807, 2.05) is 23.0 Å². The van der Waals surface area contributed by atoms with Crippen molar-refractivity contribution in [1.29, 1.82) is 0 Å². The molecular formula is C27H32FN5O. The SMILES string of the molecule is CCCC1(CCC)CCN(c2cnc3c(-c4ccnc5cc(F)c(OC)cc45)cnn3c2)CC1. The van der Waals surface area contributed by atoms with Gasteiger partial charge in [0.2, 0.25) is 0 Å².